The fraction of sp³-hybridized carbons (Fsp3) is 0.778. The summed E-state index contributed by atoms with van der Waals surface area (Å²) in [5, 5.41) is 13.6. The summed E-state index contributed by atoms with van der Waals surface area (Å²) in [5.74, 6) is -0.998. The van der Waals surface area contributed by atoms with Crippen LogP contribution in [0.15, 0.2) is 0 Å². The first kappa shape index (κ1) is 14.9. The molecule has 0 aromatic heterocycles. The van der Waals surface area contributed by atoms with E-state index in [1.165, 1.54) is 6.92 Å². The summed E-state index contributed by atoms with van der Waals surface area (Å²) in [6.07, 6.45) is 2.25. The fourth-order valence-electron chi connectivity index (χ4n) is 0.873. The van der Waals surface area contributed by atoms with Gasteiger partial charge in [-0.05, 0) is 6.42 Å². The average Bonchev–Trinajstić information content (AvgIpc) is 2.20. The van der Waals surface area contributed by atoms with E-state index < -0.39 is 28.7 Å². The Hall–Kier alpha value is -1.11. The molecule has 2 amide bonds. The van der Waals surface area contributed by atoms with Gasteiger partial charge in [-0.25, -0.2) is 4.79 Å². The van der Waals surface area contributed by atoms with Gasteiger partial charge in [-0.1, -0.05) is 6.92 Å². The largest absolute Gasteiger partial charge is 0.481 e. The molecule has 2 unspecified atom stereocenters. The Morgan fingerprint density at radius 2 is 2.00 bits per heavy atom. The number of hydrogen-bond donors (Lipinski definition) is 3. The minimum absolute atomic E-state index is 0.0981. The van der Waals surface area contributed by atoms with E-state index in [2.05, 4.69) is 10.6 Å². The maximum atomic E-state index is 11.1. The predicted molar refractivity (Wildman–Crippen MR) is 61.8 cm³/mol. The monoisotopic (exact) mass is 250 g/mol. The third kappa shape index (κ3) is 8.22. The highest BCUT2D eigenvalue weighted by molar-refractivity contribution is 7.84. The van der Waals surface area contributed by atoms with Gasteiger partial charge in [0.2, 0.25) is 0 Å². The first-order valence-electron chi connectivity index (χ1n) is 4.98. The van der Waals surface area contributed by atoms with Crippen molar-refractivity contribution in [2.45, 2.75) is 13.3 Å². The maximum absolute atomic E-state index is 11.1. The lowest BCUT2D eigenvalue weighted by molar-refractivity contribution is -0.140. The molecule has 7 heteroatoms. The Kier molecular flexibility index (Phi) is 7.53. The number of carbonyl (C=O) groups excluding carboxylic acids is 1. The molecular formula is C9H18N2O4S. The van der Waals surface area contributed by atoms with Crippen LogP contribution < -0.4 is 10.6 Å². The van der Waals surface area contributed by atoms with Crippen LogP contribution >= 0.6 is 0 Å². The number of amides is 2. The molecule has 0 bridgehead atoms. The normalized spacial score (nSPS) is 13.9. The standard InChI is InChI=1S/C9H18N2O4S/c1-7(8(12)13)6-11-9(14)10-4-3-5-16(2)15/h7H,3-6H2,1-2H3,(H,12,13)(H2,10,11,14). The van der Waals surface area contributed by atoms with Crippen LogP contribution in [0.1, 0.15) is 13.3 Å². The second kappa shape index (κ2) is 8.09. The summed E-state index contributed by atoms with van der Waals surface area (Å²) < 4.78 is 10.7. The highest BCUT2D eigenvalue weighted by Gasteiger charge is 2.11. The molecule has 0 fully saturated rings. The van der Waals surface area contributed by atoms with Crippen molar-refractivity contribution < 1.29 is 18.9 Å². The van der Waals surface area contributed by atoms with Gasteiger partial charge >= 0.3 is 12.0 Å². The molecular weight excluding hydrogens is 232 g/mol. The van der Waals surface area contributed by atoms with Crippen molar-refractivity contribution in [3.05, 3.63) is 0 Å². The van der Waals surface area contributed by atoms with Crippen molar-refractivity contribution in [1.29, 1.82) is 0 Å². The number of carbonyl (C=O) groups is 2. The Balaban J connectivity index is 3.52. The summed E-state index contributed by atoms with van der Waals surface area (Å²) in [6.45, 7) is 2.05. The lowest BCUT2D eigenvalue weighted by Gasteiger charge is -2.09. The van der Waals surface area contributed by atoms with Crippen molar-refractivity contribution in [1.82, 2.24) is 10.6 Å². The fourth-order valence-corrected chi connectivity index (χ4v) is 1.42. The van der Waals surface area contributed by atoms with Crippen LogP contribution in [-0.4, -0.2) is 46.4 Å². The zero-order chi connectivity index (χ0) is 12.6. The van der Waals surface area contributed by atoms with E-state index in [1.807, 2.05) is 0 Å². The van der Waals surface area contributed by atoms with Gasteiger partial charge in [-0.15, -0.1) is 0 Å². The molecule has 0 aromatic carbocycles. The Morgan fingerprint density at radius 3 is 2.50 bits per heavy atom. The molecule has 0 radical (unpaired) electrons. The number of urea groups is 1. The first-order chi connectivity index (χ1) is 7.43. The van der Waals surface area contributed by atoms with E-state index in [1.54, 1.807) is 6.26 Å². The Morgan fingerprint density at radius 1 is 1.38 bits per heavy atom. The van der Waals surface area contributed by atoms with Crippen molar-refractivity contribution >= 4 is 22.8 Å². The van der Waals surface area contributed by atoms with E-state index in [9.17, 15) is 13.8 Å². The lowest BCUT2D eigenvalue weighted by atomic mass is 10.2. The smallest absolute Gasteiger partial charge is 0.314 e. The predicted octanol–water partition coefficient (Wildman–Crippen LogP) is -0.225. The van der Waals surface area contributed by atoms with Gasteiger partial charge in [0.1, 0.15) is 0 Å². The van der Waals surface area contributed by atoms with Crippen molar-refractivity contribution in [2.75, 3.05) is 25.1 Å². The summed E-state index contributed by atoms with van der Waals surface area (Å²) in [5.41, 5.74) is 0. The molecule has 3 N–H and O–H groups in total. The van der Waals surface area contributed by atoms with Gasteiger partial charge in [0, 0.05) is 35.9 Å². The number of carboxylic acids is 1. The van der Waals surface area contributed by atoms with Crippen LogP contribution in [-0.2, 0) is 15.6 Å². The molecule has 6 nitrogen and oxygen atoms in total. The van der Waals surface area contributed by atoms with E-state index in [-0.39, 0.29) is 6.54 Å². The zero-order valence-electron chi connectivity index (χ0n) is 9.49. The number of aliphatic carboxylic acids is 1. The molecule has 16 heavy (non-hydrogen) atoms. The quantitative estimate of drug-likeness (QED) is 0.544. The van der Waals surface area contributed by atoms with Crippen LogP contribution in [0, 0.1) is 5.92 Å². The van der Waals surface area contributed by atoms with Gasteiger partial charge in [0.25, 0.3) is 0 Å². The Labute approximate surface area is 97.3 Å². The van der Waals surface area contributed by atoms with Gasteiger partial charge in [0.15, 0.2) is 0 Å². The number of carboxylic acid groups (broad SMARTS) is 1. The third-order valence-electron chi connectivity index (χ3n) is 1.88. The van der Waals surface area contributed by atoms with Crippen molar-refractivity contribution in [3.63, 3.8) is 0 Å². The molecule has 0 aliphatic heterocycles. The van der Waals surface area contributed by atoms with Crippen molar-refractivity contribution in [2.24, 2.45) is 5.92 Å². The summed E-state index contributed by atoms with van der Waals surface area (Å²) >= 11 is 0. The van der Waals surface area contributed by atoms with E-state index in [0.29, 0.717) is 18.7 Å². The minimum atomic E-state index is -0.943. The highest BCUT2D eigenvalue weighted by Crippen LogP contribution is 1.90. The molecule has 0 aromatic rings. The molecule has 2 atom stereocenters. The first-order valence-corrected chi connectivity index (χ1v) is 6.70. The molecule has 0 spiro atoms. The minimum Gasteiger partial charge on any atom is -0.481 e. The lowest BCUT2D eigenvalue weighted by Crippen LogP contribution is -2.39. The second-order valence-corrected chi connectivity index (χ2v) is 5.06. The van der Waals surface area contributed by atoms with E-state index >= 15 is 0 Å². The van der Waals surface area contributed by atoms with Crippen LogP contribution in [0.25, 0.3) is 0 Å². The van der Waals surface area contributed by atoms with Gasteiger partial charge in [0.05, 0.1) is 5.92 Å². The second-order valence-electron chi connectivity index (χ2n) is 3.51. The molecule has 0 rings (SSSR count). The molecule has 0 saturated carbocycles. The molecule has 0 saturated heterocycles. The molecule has 0 aliphatic rings. The number of nitrogens with one attached hydrogen (secondary N) is 2. The summed E-state index contributed by atoms with van der Waals surface area (Å²) in [7, 11) is -0.847. The topological polar surface area (TPSA) is 95.5 Å². The summed E-state index contributed by atoms with van der Waals surface area (Å²) in [4.78, 5) is 21.6. The van der Waals surface area contributed by atoms with E-state index in [4.69, 9.17) is 5.11 Å². The summed E-state index contributed by atoms with van der Waals surface area (Å²) in [6, 6.07) is -0.394. The maximum Gasteiger partial charge on any atom is 0.314 e. The van der Waals surface area contributed by atoms with Gasteiger partial charge < -0.3 is 15.7 Å². The molecule has 0 aliphatic carbocycles. The SMILES string of the molecule is CC(CNC(=O)NCCCS(C)=O)C(=O)O. The van der Waals surface area contributed by atoms with Gasteiger partial charge in [-0.3, -0.25) is 9.00 Å². The van der Waals surface area contributed by atoms with Crippen LogP contribution in [0.2, 0.25) is 0 Å². The molecule has 94 valence electrons. The third-order valence-corrected chi connectivity index (χ3v) is 2.75. The van der Waals surface area contributed by atoms with Gasteiger partial charge in [-0.2, -0.15) is 0 Å². The molecule has 0 heterocycles. The highest BCUT2D eigenvalue weighted by atomic mass is 32.2. The van der Waals surface area contributed by atoms with Crippen molar-refractivity contribution in [3.8, 4) is 0 Å². The van der Waals surface area contributed by atoms with Crippen LogP contribution in [0.3, 0.4) is 0 Å². The van der Waals surface area contributed by atoms with Crippen LogP contribution in [0.4, 0.5) is 4.79 Å². The zero-order valence-corrected chi connectivity index (χ0v) is 10.3. The number of hydrogen-bond acceptors (Lipinski definition) is 3. The Bertz CT molecular complexity index is 270. The van der Waals surface area contributed by atoms with Crippen LogP contribution in [0.5, 0.6) is 0 Å². The average molecular weight is 250 g/mol. The van der Waals surface area contributed by atoms with E-state index in [0.717, 1.165) is 0 Å². The number of rotatable bonds is 7.